The highest BCUT2D eigenvalue weighted by atomic mass is 79.9. The van der Waals surface area contributed by atoms with Crippen molar-refractivity contribution in [2.24, 2.45) is 0 Å². The SMILES string of the molecule is [C-]#[N+]c1ccc(NC2CCC(N(C(=O)NCc3ccccc3)c3cc(Br)cc(NC(=O)C=C)c3)CC2)nc1. The number of carbonyl (C=O) groups excluding carboxylic acids is 2. The molecule has 194 valence electrons. The summed E-state index contributed by atoms with van der Waals surface area (Å²) in [5.41, 5.74) is 2.79. The maximum Gasteiger partial charge on any atom is 0.322 e. The van der Waals surface area contributed by atoms with Crippen molar-refractivity contribution in [3.63, 3.8) is 0 Å². The molecule has 8 nitrogen and oxygen atoms in total. The summed E-state index contributed by atoms with van der Waals surface area (Å²) in [6, 6.07) is 18.8. The molecule has 1 saturated carbocycles. The Morgan fingerprint density at radius 1 is 1.11 bits per heavy atom. The molecule has 1 aromatic heterocycles. The predicted octanol–water partition coefficient (Wildman–Crippen LogP) is 6.66. The second-order valence-electron chi connectivity index (χ2n) is 9.07. The number of pyridine rings is 1. The van der Waals surface area contributed by atoms with Crippen molar-refractivity contribution in [3.05, 3.63) is 101 Å². The number of nitrogens with one attached hydrogen (secondary N) is 3. The molecule has 0 saturated heterocycles. The Balaban J connectivity index is 1.51. The van der Waals surface area contributed by atoms with Gasteiger partial charge < -0.3 is 16.0 Å². The van der Waals surface area contributed by atoms with E-state index in [1.807, 2.05) is 42.5 Å². The number of amides is 3. The summed E-state index contributed by atoms with van der Waals surface area (Å²) in [7, 11) is 0. The summed E-state index contributed by atoms with van der Waals surface area (Å²) in [5, 5.41) is 9.31. The van der Waals surface area contributed by atoms with Crippen LogP contribution < -0.4 is 20.9 Å². The van der Waals surface area contributed by atoms with Crippen LogP contribution in [0.5, 0.6) is 0 Å². The van der Waals surface area contributed by atoms with Crippen molar-refractivity contribution in [1.29, 1.82) is 0 Å². The second kappa shape index (κ2) is 12.9. The molecular formula is C29H29BrN6O2. The summed E-state index contributed by atoms with van der Waals surface area (Å²) >= 11 is 3.53. The molecule has 9 heteroatoms. The lowest BCUT2D eigenvalue weighted by Gasteiger charge is -2.37. The maximum atomic E-state index is 13.6. The Morgan fingerprint density at radius 2 is 1.87 bits per heavy atom. The molecule has 0 atom stereocenters. The Hall–Kier alpha value is -4.16. The van der Waals surface area contributed by atoms with E-state index < -0.39 is 0 Å². The molecule has 1 aliphatic carbocycles. The van der Waals surface area contributed by atoms with E-state index in [1.165, 1.54) is 6.08 Å². The van der Waals surface area contributed by atoms with E-state index in [0.29, 0.717) is 23.6 Å². The van der Waals surface area contributed by atoms with Gasteiger partial charge in [-0.2, -0.15) is 0 Å². The Morgan fingerprint density at radius 3 is 2.53 bits per heavy atom. The number of hydrogen-bond acceptors (Lipinski definition) is 4. The van der Waals surface area contributed by atoms with Crippen molar-refractivity contribution in [2.75, 3.05) is 15.5 Å². The highest BCUT2D eigenvalue weighted by Crippen LogP contribution is 2.33. The van der Waals surface area contributed by atoms with Crippen LogP contribution in [0.25, 0.3) is 4.85 Å². The van der Waals surface area contributed by atoms with E-state index in [0.717, 1.165) is 41.5 Å². The number of benzene rings is 2. The van der Waals surface area contributed by atoms with Gasteiger partial charge in [0.05, 0.1) is 6.57 Å². The number of hydrogen-bond donors (Lipinski definition) is 3. The summed E-state index contributed by atoms with van der Waals surface area (Å²) in [5.74, 6) is 0.423. The van der Waals surface area contributed by atoms with Crippen LogP contribution in [0.4, 0.5) is 27.7 Å². The summed E-state index contributed by atoms with van der Waals surface area (Å²) < 4.78 is 0.750. The van der Waals surface area contributed by atoms with Gasteiger partial charge in [-0.1, -0.05) is 58.9 Å². The van der Waals surface area contributed by atoms with Gasteiger partial charge in [0.1, 0.15) is 5.82 Å². The third kappa shape index (κ3) is 7.20. The Labute approximate surface area is 231 Å². The van der Waals surface area contributed by atoms with Crippen LogP contribution in [0.3, 0.4) is 0 Å². The van der Waals surface area contributed by atoms with Crippen molar-refractivity contribution >= 4 is 50.7 Å². The average molecular weight is 573 g/mol. The van der Waals surface area contributed by atoms with E-state index in [1.54, 1.807) is 29.3 Å². The minimum absolute atomic E-state index is 0.0291. The molecular weight excluding hydrogens is 544 g/mol. The predicted molar refractivity (Wildman–Crippen MR) is 154 cm³/mol. The zero-order valence-corrected chi connectivity index (χ0v) is 22.4. The molecule has 0 bridgehead atoms. The van der Waals surface area contributed by atoms with Crippen LogP contribution >= 0.6 is 15.9 Å². The van der Waals surface area contributed by atoms with Gasteiger partial charge in [-0.3, -0.25) is 14.7 Å². The molecule has 1 aliphatic rings. The molecule has 0 spiro atoms. The molecule has 38 heavy (non-hydrogen) atoms. The summed E-state index contributed by atoms with van der Waals surface area (Å²) in [6.07, 6.45) is 6.06. The number of rotatable bonds is 8. The van der Waals surface area contributed by atoms with Gasteiger partial charge in [-0.15, -0.1) is 0 Å². The van der Waals surface area contributed by atoms with Crippen LogP contribution in [-0.4, -0.2) is 29.0 Å². The van der Waals surface area contributed by atoms with E-state index in [2.05, 4.69) is 48.3 Å². The van der Waals surface area contributed by atoms with Gasteiger partial charge in [-0.05, 0) is 61.6 Å². The fourth-order valence-corrected chi connectivity index (χ4v) is 5.04. The Kier molecular flexibility index (Phi) is 9.11. The van der Waals surface area contributed by atoms with Gasteiger partial charge in [0, 0.05) is 40.7 Å². The molecule has 0 unspecified atom stereocenters. The number of carbonyl (C=O) groups is 2. The van der Waals surface area contributed by atoms with Gasteiger partial charge >= 0.3 is 6.03 Å². The maximum absolute atomic E-state index is 13.6. The first-order valence-corrected chi connectivity index (χ1v) is 13.2. The minimum atomic E-state index is -0.321. The standard InChI is InChI=1S/C29H29BrN6O2/c1-3-28(37)35-24-15-21(30)16-26(17-24)36(29(38)33-18-20-7-5-4-6-8-20)25-12-9-22(10-13-25)34-27-14-11-23(31-2)19-32-27/h3-8,11,14-17,19,22,25H,1,9-10,12-13,18H2,(H,32,34)(H,33,38)(H,35,37). The topological polar surface area (TPSA) is 90.7 Å². The number of nitrogens with zero attached hydrogens (tertiary/aromatic N) is 3. The summed E-state index contributed by atoms with van der Waals surface area (Å²) in [4.78, 5) is 35.0. The fourth-order valence-electron chi connectivity index (χ4n) is 4.56. The second-order valence-corrected chi connectivity index (χ2v) is 9.98. The number of halogens is 1. The quantitative estimate of drug-likeness (QED) is 0.208. The highest BCUT2D eigenvalue weighted by Gasteiger charge is 2.30. The molecule has 0 radical (unpaired) electrons. The van der Waals surface area contributed by atoms with Gasteiger partial charge in [0.2, 0.25) is 11.6 Å². The normalized spacial score (nSPS) is 16.5. The number of urea groups is 1. The first kappa shape index (κ1) is 26.9. The monoisotopic (exact) mass is 572 g/mol. The van der Waals surface area contributed by atoms with Crippen LogP contribution in [-0.2, 0) is 11.3 Å². The van der Waals surface area contributed by atoms with Crippen LogP contribution in [0.15, 0.2) is 84.0 Å². The van der Waals surface area contributed by atoms with E-state index in [-0.39, 0.29) is 24.0 Å². The first-order valence-electron chi connectivity index (χ1n) is 12.4. The fraction of sp³-hybridized carbons (Fsp3) is 0.241. The average Bonchev–Trinajstić information content (AvgIpc) is 2.93. The van der Waals surface area contributed by atoms with E-state index >= 15 is 0 Å². The summed E-state index contributed by atoms with van der Waals surface area (Å²) in [6.45, 7) is 11.0. The first-order chi connectivity index (χ1) is 18.4. The van der Waals surface area contributed by atoms with Gasteiger partial charge in [0.15, 0.2) is 0 Å². The third-order valence-corrected chi connectivity index (χ3v) is 6.87. The molecule has 0 aliphatic heterocycles. The van der Waals surface area contributed by atoms with Crippen molar-refractivity contribution in [1.82, 2.24) is 10.3 Å². The lowest BCUT2D eigenvalue weighted by atomic mass is 9.90. The Bertz CT molecular complexity index is 1320. The third-order valence-electron chi connectivity index (χ3n) is 6.41. The lowest BCUT2D eigenvalue weighted by Crippen LogP contribution is -2.48. The smallest absolute Gasteiger partial charge is 0.322 e. The molecule has 3 N–H and O–H groups in total. The van der Waals surface area contributed by atoms with E-state index in [9.17, 15) is 9.59 Å². The molecule has 1 heterocycles. The molecule has 2 aromatic carbocycles. The molecule has 3 amide bonds. The molecule has 3 aromatic rings. The lowest BCUT2D eigenvalue weighted by molar-refractivity contribution is -0.111. The largest absolute Gasteiger partial charge is 0.367 e. The van der Waals surface area contributed by atoms with E-state index in [4.69, 9.17) is 6.57 Å². The van der Waals surface area contributed by atoms with Crippen LogP contribution in [0, 0.1) is 6.57 Å². The van der Waals surface area contributed by atoms with Gasteiger partial charge in [0.25, 0.3) is 0 Å². The van der Waals surface area contributed by atoms with Gasteiger partial charge in [-0.25, -0.2) is 9.64 Å². The van der Waals surface area contributed by atoms with Crippen molar-refractivity contribution in [3.8, 4) is 0 Å². The molecule has 1 fully saturated rings. The zero-order valence-electron chi connectivity index (χ0n) is 20.9. The van der Waals surface area contributed by atoms with Crippen LogP contribution in [0.1, 0.15) is 31.2 Å². The number of aromatic nitrogens is 1. The number of anilines is 3. The van der Waals surface area contributed by atoms with Crippen molar-refractivity contribution in [2.45, 2.75) is 44.3 Å². The highest BCUT2D eigenvalue weighted by molar-refractivity contribution is 9.10. The van der Waals surface area contributed by atoms with Crippen molar-refractivity contribution < 1.29 is 9.59 Å². The molecule has 4 rings (SSSR count). The minimum Gasteiger partial charge on any atom is -0.367 e. The van der Waals surface area contributed by atoms with Crippen LogP contribution in [0.2, 0.25) is 0 Å². The zero-order chi connectivity index (χ0) is 26.9.